The van der Waals surface area contributed by atoms with E-state index in [4.69, 9.17) is 10.00 Å². The van der Waals surface area contributed by atoms with Crippen LogP contribution in [0, 0.1) is 17.2 Å². The lowest BCUT2D eigenvalue weighted by molar-refractivity contribution is 0.106. The highest BCUT2D eigenvalue weighted by Crippen LogP contribution is 2.52. The highest BCUT2D eigenvalue weighted by Gasteiger charge is 2.53. The molecule has 0 heterocycles. The van der Waals surface area contributed by atoms with Gasteiger partial charge in [0.15, 0.2) is 0 Å². The van der Waals surface area contributed by atoms with Crippen molar-refractivity contribution in [1.82, 2.24) is 0 Å². The van der Waals surface area contributed by atoms with E-state index in [-0.39, 0.29) is 5.60 Å². The molecule has 2 unspecified atom stereocenters. The zero-order valence-electron chi connectivity index (χ0n) is 8.00. The minimum absolute atomic E-state index is 0.0425. The monoisotopic (exact) mass is 175 g/mol. The maximum absolute atomic E-state index is 8.84. The van der Waals surface area contributed by atoms with Crippen LogP contribution in [0.5, 0.6) is 0 Å². The number of hydrogen-bond donors (Lipinski definition) is 0. The number of methoxy groups -OCH3 is 1. The summed E-state index contributed by atoms with van der Waals surface area (Å²) in [5, 5.41) is 8.84. The van der Waals surface area contributed by atoms with Gasteiger partial charge in [0.1, 0.15) is 0 Å². The molecule has 1 saturated carbocycles. The summed E-state index contributed by atoms with van der Waals surface area (Å²) in [6.07, 6.45) is 6.23. The second kappa shape index (κ2) is 2.71. The molecule has 0 radical (unpaired) electrons. The first kappa shape index (κ1) is 8.52. The van der Waals surface area contributed by atoms with Gasteiger partial charge in [0.25, 0.3) is 0 Å². The van der Waals surface area contributed by atoms with Crippen LogP contribution < -0.4 is 0 Å². The molecule has 2 atom stereocenters. The van der Waals surface area contributed by atoms with E-state index in [2.05, 4.69) is 12.1 Å². The van der Waals surface area contributed by atoms with E-state index in [0.717, 1.165) is 24.0 Å². The van der Waals surface area contributed by atoms with Gasteiger partial charge in [-0.2, -0.15) is 5.26 Å². The summed E-state index contributed by atoms with van der Waals surface area (Å²) in [6.45, 7) is 1.98. The standard InChI is InChI=1S/C11H13NO/c1-8-5-11(13-2)6-10(11)4-3-9(8)7-12/h3,5,10H,4,6H2,1-2H3. The number of hydrogen-bond acceptors (Lipinski definition) is 2. The van der Waals surface area contributed by atoms with Gasteiger partial charge < -0.3 is 4.74 Å². The molecule has 0 saturated heterocycles. The number of fused-ring (bicyclic) bond motifs is 1. The molecule has 0 aromatic heterocycles. The molecule has 2 aliphatic carbocycles. The van der Waals surface area contributed by atoms with E-state index in [9.17, 15) is 0 Å². The first-order valence-electron chi connectivity index (χ1n) is 4.57. The average molecular weight is 175 g/mol. The third-order valence-corrected chi connectivity index (χ3v) is 3.09. The van der Waals surface area contributed by atoms with Crippen LogP contribution in [0.2, 0.25) is 0 Å². The maximum atomic E-state index is 8.84. The summed E-state index contributed by atoms with van der Waals surface area (Å²) in [5.74, 6) is 0.596. The largest absolute Gasteiger partial charge is 0.374 e. The summed E-state index contributed by atoms with van der Waals surface area (Å²) >= 11 is 0. The molecule has 2 rings (SSSR count). The molecule has 2 nitrogen and oxygen atoms in total. The van der Waals surface area contributed by atoms with Gasteiger partial charge in [-0.25, -0.2) is 0 Å². The van der Waals surface area contributed by atoms with Crippen molar-refractivity contribution in [1.29, 1.82) is 5.26 Å². The molecule has 1 fully saturated rings. The Bertz CT molecular complexity index is 334. The van der Waals surface area contributed by atoms with Gasteiger partial charge >= 0.3 is 0 Å². The fourth-order valence-electron chi connectivity index (χ4n) is 2.09. The van der Waals surface area contributed by atoms with Crippen molar-refractivity contribution in [3.8, 4) is 6.07 Å². The molecule has 0 amide bonds. The highest BCUT2D eigenvalue weighted by molar-refractivity contribution is 5.45. The third kappa shape index (κ3) is 1.20. The van der Waals surface area contributed by atoms with Crippen LogP contribution in [0.3, 0.4) is 0 Å². The summed E-state index contributed by atoms with van der Waals surface area (Å²) in [7, 11) is 1.75. The normalized spacial score (nSPS) is 36.5. The van der Waals surface area contributed by atoms with E-state index in [1.807, 2.05) is 13.0 Å². The fraction of sp³-hybridized carbons (Fsp3) is 0.545. The fourth-order valence-corrected chi connectivity index (χ4v) is 2.09. The van der Waals surface area contributed by atoms with Gasteiger partial charge in [0.05, 0.1) is 17.2 Å². The first-order chi connectivity index (χ1) is 6.22. The first-order valence-corrected chi connectivity index (χ1v) is 4.57. The van der Waals surface area contributed by atoms with Crippen LogP contribution in [-0.2, 0) is 4.74 Å². The Morgan fingerprint density at radius 3 is 3.08 bits per heavy atom. The zero-order chi connectivity index (χ0) is 9.47. The predicted octanol–water partition coefficient (Wildman–Crippen LogP) is 2.19. The number of allylic oxidation sites excluding steroid dienone is 3. The Morgan fingerprint density at radius 1 is 1.69 bits per heavy atom. The Labute approximate surface area is 78.5 Å². The summed E-state index contributed by atoms with van der Waals surface area (Å²) in [4.78, 5) is 0. The van der Waals surface area contributed by atoms with E-state index in [1.165, 1.54) is 0 Å². The number of nitriles is 1. The maximum Gasteiger partial charge on any atom is 0.0990 e. The van der Waals surface area contributed by atoms with Crippen LogP contribution in [0.4, 0.5) is 0 Å². The van der Waals surface area contributed by atoms with Gasteiger partial charge in [-0.15, -0.1) is 0 Å². The van der Waals surface area contributed by atoms with E-state index >= 15 is 0 Å². The molecule has 2 heteroatoms. The minimum atomic E-state index is -0.0425. The van der Waals surface area contributed by atoms with Crippen molar-refractivity contribution in [2.45, 2.75) is 25.4 Å². The summed E-state index contributed by atoms with van der Waals surface area (Å²) in [5.41, 5.74) is 1.83. The molecule has 0 N–H and O–H groups in total. The Hall–Kier alpha value is -1.07. The Balaban J connectivity index is 2.32. The molecule has 2 aliphatic rings. The second-order valence-corrected chi connectivity index (χ2v) is 3.85. The van der Waals surface area contributed by atoms with Crippen molar-refractivity contribution in [2.75, 3.05) is 7.11 Å². The summed E-state index contributed by atoms with van der Waals surface area (Å²) < 4.78 is 5.48. The molecule has 13 heavy (non-hydrogen) atoms. The van der Waals surface area contributed by atoms with Crippen LogP contribution in [0.25, 0.3) is 0 Å². The lowest BCUT2D eigenvalue weighted by atomic mass is 10.1. The molecular weight excluding hydrogens is 162 g/mol. The molecule has 0 bridgehead atoms. The quantitative estimate of drug-likeness (QED) is 0.612. The SMILES string of the molecule is COC12C=C(C)C(C#N)=CCC1C2. The minimum Gasteiger partial charge on any atom is -0.374 e. The summed E-state index contributed by atoms with van der Waals surface area (Å²) in [6, 6.07) is 2.21. The zero-order valence-corrected chi connectivity index (χ0v) is 8.00. The second-order valence-electron chi connectivity index (χ2n) is 3.85. The molecular formula is C11H13NO. The van der Waals surface area contributed by atoms with Crippen molar-refractivity contribution in [2.24, 2.45) is 5.92 Å². The third-order valence-electron chi connectivity index (χ3n) is 3.09. The topological polar surface area (TPSA) is 33.0 Å². The lowest BCUT2D eigenvalue weighted by Crippen LogP contribution is -2.11. The van der Waals surface area contributed by atoms with E-state index < -0.39 is 0 Å². The smallest absolute Gasteiger partial charge is 0.0990 e. The Morgan fingerprint density at radius 2 is 2.46 bits per heavy atom. The average Bonchev–Trinajstić information content (AvgIpc) is 2.80. The molecule has 0 aliphatic heterocycles. The molecule has 0 aromatic rings. The van der Waals surface area contributed by atoms with Gasteiger partial charge in [-0.05, 0) is 37.3 Å². The molecule has 0 spiro atoms. The number of ether oxygens (including phenoxy) is 1. The highest BCUT2D eigenvalue weighted by atomic mass is 16.5. The van der Waals surface area contributed by atoms with E-state index in [0.29, 0.717) is 5.92 Å². The van der Waals surface area contributed by atoms with E-state index in [1.54, 1.807) is 7.11 Å². The number of rotatable bonds is 1. The van der Waals surface area contributed by atoms with Gasteiger partial charge in [0, 0.05) is 7.11 Å². The molecule has 68 valence electrons. The van der Waals surface area contributed by atoms with Crippen molar-refractivity contribution < 1.29 is 4.74 Å². The Kier molecular flexibility index (Phi) is 1.78. The van der Waals surface area contributed by atoms with Crippen LogP contribution in [-0.4, -0.2) is 12.7 Å². The van der Waals surface area contributed by atoms with Crippen molar-refractivity contribution in [3.63, 3.8) is 0 Å². The van der Waals surface area contributed by atoms with Crippen LogP contribution >= 0.6 is 0 Å². The van der Waals surface area contributed by atoms with Crippen molar-refractivity contribution >= 4 is 0 Å². The van der Waals surface area contributed by atoms with Gasteiger partial charge in [-0.1, -0.05) is 6.08 Å². The number of nitrogens with zero attached hydrogens (tertiary/aromatic N) is 1. The molecule has 0 aromatic carbocycles. The van der Waals surface area contributed by atoms with Crippen molar-refractivity contribution in [3.05, 3.63) is 23.3 Å². The van der Waals surface area contributed by atoms with Gasteiger partial charge in [-0.3, -0.25) is 0 Å². The van der Waals surface area contributed by atoms with Crippen LogP contribution in [0.15, 0.2) is 23.3 Å². The predicted molar refractivity (Wildman–Crippen MR) is 49.9 cm³/mol. The van der Waals surface area contributed by atoms with Gasteiger partial charge in [0.2, 0.25) is 0 Å². The lowest BCUT2D eigenvalue weighted by Gasteiger charge is -2.09. The van der Waals surface area contributed by atoms with Crippen LogP contribution in [0.1, 0.15) is 19.8 Å².